The highest BCUT2D eigenvalue weighted by Gasteiger charge is 2.08. The first kappa shape index (κ1) is 10.7. The van der Waals surface area contributed by atoms with Gasteiger partial charge in [-0.05, 0) is 41.3 Å². The first-order valence-electron chi connectivity index (χ1n) is 4.97. The predicted molar refractivity (Wildman–Crippen MR) is 67.8 cm³/mol. The van der Waals surface area contributed by atoms with E-state index in [4.69, 9.17) is 11.6 Å². The van der Waals surface area contributed by atoms with Gasteiger partial charge in [-0.2, -0.15) is 11.3 Å². The Labute approximate surface area is 99.5 Å². The summed E-state index contributed by atoms with van der Waals surface area (Å²) in [6.45, 7) is 2.10. The molecule has 0 amide bonds. The lowest BCUT2D eigenvalue weighted by atomic mass is 10.1. The first-order valence-corrected chi connectivity index (χ1v) is 6.35. The number of rotatable bonds is 3. The number of benzene rings is 1. The molecule has 0 saturated heterocycles. The van der Waals surface area contributed by atoms with Crippen molar-refractivity contribution in [3.05, 3.63) is 57.8 Å². The van der Waals surface area contributed by atoms with E-state index in [9.17, 15) is 0 Å². The molecule has 0 saturated carbocycles. The van der Waals surface area contributed by atoms with E-state index >= 15 is 0 Å². The lowest BCUT2D eigenvalue weighted by Gasteiger charge is -2.07. The normalized spacial score (nSPS) is 12.7. The zero-order valence-corrected chi connectivity index (χ0v) is 10.2. The van der Waals surface area contributed by atoms with Crippen LogP contribution >= 0.6 is 22.9 Å². The Morgan fingerprint density at radius 1 is 1.20 bits per heavy atom. The molecule has 0 fully saturated rings. The second-order valence-corrected chi connectivity index (χ2v) is 5.02. The van der Waals surface area contributed by atoms with E-state index in [-0.39, 0.29) is 5.38 Å². The Morgan fingerprint density at radius 3 is 2.53 bits per heavy atom. The fourth-order valence-electron chi connectivity index (χ4n) is 1.50. The van der Waals surface area contributed by atoms with Crippen molar-refractivity contribution in [1.82, 2.24) is 0 Å². The molecular formula is C13H13ClS. The molecule has 1 heterocycles. The zero-order chi connectivity index (χ0) is 10.7. The summed E-state index contributed by atoms with van der Waals surface area (Å²) in [4.78, 5) is 0. The first-order chi connectivity index (χ1) is 7.25. The second kappa shape index (κ2) is 4.82. The molecular weight excluding hydrogens is 224 g/mol. The van der Waals surface area contributed by atoms with E-state index in [1.165, 1.54) is 16.7 Å². The van der Waals surface area contributed by atoms with Crippen molar-refractivity contribution in [2.75, 3.05) is 0 Å². The fraction of sp³-hybridized carbons (Fsp3) is 0.231. The van der Waals surface area contributed by atoms with E-state index in [0.717, 1.165) is 6.42 Å². The molecule has 0 radical (unpaired) electrons. The van der Waals surface area contributed by atoms with Crippen LogP contribution < -0.4 is 0 Å². The van der Waals surface area contributed by atoms with Crippen molar-refractivity contribution in [2.24, 2.45) is 0 Å². The quantitative estimate of drug-likeness (QED) is 0.685. The topological polar surface area (TPSA) is 0 Å². The third-order valence-corrected chi connectivity index (χ3v) is 3.55. The second-order valence-electron chi connectivity index (χ2n) is 3.71. The van der Waals surface area contributed by atoms with Crippen molar-refractivity contribution in [3.8, 4) is 0 Å². The third-order valence-electron chi connectivity index (χ3n) is 2.44. The average Bonchev–Trinajstić information content (AvgIpc) is 2.74. The van der Waals surface area contributed by atoms with Crippen LogP contribution in [-0.4, -0.2) is 0 Å². The fourth-order valence-corrected chi connectivity index (χ4v) is 2.61. The summed E-state index contributed by atoms with van der Waals surface area (Å²) in [6, 6.07) is 10.7. The maximum absolute atomic E-state index is 6.33. The van der Waals surface area contributed by atoms with Crippen molar-refractivity contribution >= 4 is 22.9 Å². The Bertz CT molecular complexity index is 403. The van der Waals surface area contributed by atoms with E-state index in [0.29, 0.717) is 0 Å². The van der Waals surface area contributed by atoms with Gasteiger partial charge >= 0.3 is 0 Å². The zero-order valence-electron chi connectivity index (χ0n) is 8.61. The van der Waals surface area contributed by atoms with Crippen LogP contribution in [0.15, 0.2) is 41.1 Å². The highest BCUT2D eigenvalue weighted by molar-refractivity contribution is 7.08. The number of aryl methyl sites for hydroxylation is 1. The van der Waals surface area contributed by atoms with Gasteiger partial charge in [0.05, 0.1) is 5.38 Å². The number of hydrogen-bond acceptors (Lipinski definition) is 1. The molecule has 0 bridgehead atoms. The van der Waals surface area contributed by atoms with Crippen LogP contribution in [0.1, 0.15) is 22.1 Å². The van der Waals surface area contributed by atoms with Crippen LogP contribution in [0.3, 0.4) is 0 Å². The molecule has 1 unspecified atom stereocenters. The van der Waals surface area contributed by atoms with Gasteiger partial charge in [-0.3, -0.25) is 0 Å². The standard InChI is InChI=1S/C13H13ClS/c1-10-2-4-11(5-3-10)8-13(14)12-6-7-15-9-12/h2-7,9,13H,8H2,1H3. The molecule has 15 heavy (non-hydrogen) atoms. The largest absolute Gasteiger partial charge is 0.152 e. The molecule has 1 aromatic carbocycles. The van der Waals surface area contributed by atoms with Gasteiger partial charge in [0, 0.05) is 0 Å². The monoisotopic (exact) mass is 236 g/mol. The van der Waals surface area contributed by atoms with Gasteiger partial charge in [-0.25, -0.2) is 0 Å². The predicted octanol–water partition coefficient (Wildman–Crippen LogP) is 4.58. The molecule has 2 heteroatoms. The Morgan fingerprint density at radius 2 is 1.93 bits per heavy atom. The number of thiophene rings is 1. The van der Waals surface area contributed by atoms with Crippen LogP contribution in [0.25, 0.3) is 0 Å². The van der Waals surface area contributed by atoms with E-state index in [2.05, 4.69) is 48.0 Å². The molecule has 0 aliphatic carbocycles. The maximum Gasteiger partial charge on any atom is 0.0633 e. The molecule has 1 aromatic heterocycles. The minimum Gasteiger partial charge on any atom is -0.152 e. The summed E-state index contributed by atoms with van der Waals surface area (Å²) in [7, 11) is 0. The van der Waals surface area contributed by atoms with Gasteiger partial charge < -0.3 is 0 Å². The van der Waals surface area contributed by atoms with Crippen molar-refractivity contribution in [1.29, 1.82) is 0 Å². The maximum atomic E-state index is 6.33. The lowest BCUT2D eigenvalue weighted by molar-refractivity contribution is 0.924. The average molecular weight is 237 g/mol. The minimum atomic E-state index is 0.0963. The van der Waals surface area contributed by atoms with Gasteiger partial charge in [0.1, 0.15) is 0 Å². The highest BCUT2D eigenvalue weighted by atomic mass is 35.5. The number of alkyl halides is 1. The molecule has 0 aliphatic heterocycles. The van der Waals surface area contributed by atoms with Crippen molar-refractivity contribution in [2.45, 2.75) is 18.7 Å². The van der Waals surface area contributed by atoms with Gasteiger partial charge in [0.15, 0.2) is 0 Å². The lowest BCUT2D eigenvalue weighted by Crippen LogP contribution is -1.93. The van der Waals surface area contributed by atoms with Crippen LogP contribution in [-0.2, 0) is 6.42 Å². The molecule has 0 N–H and O–H groups in total. The summed E-state index contributed by atoms with van der Waals surface area (Å²) in [5, 5.41) is 4.28. The Balaban J connectivity index is 2.06. The van der Waals surface area contributed by atoms with Gasteiger partial charge in [-0.1, -0.05) is 29.8 Å². The number of halogens is 1. The molecule has 2 rings (SSSR count). The van der Waals surface area contributed by atoms with Crippen molar-refractivity contribution < 1.29 is 0 Å². The summed E-state index contributed by atoms with van der Waals surface area (Å²) >= 11 is 8.03. The van der Waals surface area contributed by atoms with E-state index < -0.39 is 0 Å². The Kier molecular flexibility index (Phi) is 3.45. The van der Waals surface area contributed by atoms with Gasteiger partial charge in [-0.15, -0.1) is 11.6 Å². The summed E-state index contributed by atoms with van der Waals surface area (Å²) in [5.74, 6) is 0. The van der Waals surface area contributed by atoms with E-state index in [1.54, 1.807) is 11.3 Å². The smallest absolute Gasteiger partial charge is 0.0633 e. The van der Waals surface area contributed by atoms with Gasteiger partial charge in [0.25, 0.3) is 0 Å². The van der Waals surface area contributed by atoms with E-state index in [1.807, 2.05) is 0 Å². The SMILES string of the molecule is Cc1ccc(CC(Cl)c2ccsc2)cc1. The summed E-state index contributed by atoms with van der Waals surface area (Å²) < 4.78 is 0. The molecule has 2 aromatic rings. The molecule has 78 valence electrons. The summed E-state index contributed by atoms with van der Waals surface area (Å²) in [6.07, 6.45) is 0.901. The minimum absolute atomic E-state index is 0.0963. The molecule has 0 spiro atoms. The van der Waals surface area contributed by atoms with Gasteiger partial charge in [0.2, 0.25) is 0 Å². The molecule has 1 atom stereocenters. The number of hydrogen-bond donors (Lipinski definition) is 0. The third kappa shape index (κ3) is 2.83. The van der Waals surface area contributed by atoms with Crippen LogP contribution in [0, 0.1) is 6.92 Å². The Hall–Kier alpha value is -0.790. The van der Waals surface area contributed by atoms with Crippen molar-refractivity contribution in [3.63, 3.8) is 0 Å². The summed E-state index contributed by atoms with van der Waals surface area (Å²) in [5.41, 5.74) is 3.81. The van der Waals surface area contributed by atoms with Crippen LogP contribution in [0.2, 0.25) is 0 Å². The van der Waals surface area contributed by atoms with Crippen LogP contribution in [0.5, 0.6) is 0 Å². The molecule has 0 nitrogen and oxygen atoms in total. The molecule has 0 aliphatic rings. The van der Waals surface area contributed by atoms with Crippen LogP contribution in [0.4, 0.5) is 0 Å². The highest BCUT2D eigenvalue weighted by Crippen LogP contribution is 2.26.